The van der Waals surface area contributed by atoms with Gasteiger partial charge in [-0.2, -0.15) is 11.8 Å². The van der Waals surface area contributed by atoms with Crippen LogP contribution in [0.4, 0.5) is 0 Å². The summed E-state index contributed by atoms with van der Waals surface area (Å²) in [7, 11) is 0. The van der Waals surface area contributed by atoms with Gasteiger partial charge in [-0.1, -0.05) is 20.8 Å². The molecule has 2 nitrogen and oxygen atoms in total. The second-order valence-electron chi connectivity index (χ2n) is 4.99. The van der Waals surface area contributed by atoms with Crippen molar-refractivity contribution in [2.75, 3.05) is 12.3 Å². The molecular formula is C14H24N2S2. The zero-order valence-electron chi connectivity index (χ0n) is 11.9. The Bertz CT molecular complexity index is 398. The normalized spacial score (nSPS) is 28.6. The van der Waals surface area contributed by atoms with Crippen LogP contribution in [0.1, 0.15) is 49.2 Å². The number of thiazole rings is 1. The van der Waals surface area contributed by atoms with E-state index in [1.54, 1.807) is 0 Å². The predicted octanol–water partition coefficient (Wildman–Crippen LogP) is 3.73. The third-order valence-electron chi connectivity index (χ3n) is 3.88. The fraction of sp³-hybridized carbons (Fsp3) is 0.786. The standard InChI is InChI=1S/C14H24N2S2/c1-5-12-10(3)18-13(16-12)14(15-6-2)8-7-9-17-11(14)4/h11,15H,5-9H2,1-4H3. The highest BCUT2D eigenvalue weighted by atomic mass is 32.2. The number of aromatic nitrogens is 1. The van der Waals surface area contributed by atoms with Crippen LogP contribution in [0.25, 0.3) is 0 Å². The Kier molecular flexibility index (Phi) is 4.73. The van der Waals surface area contributed by atoms with E-state index in [0.717, 1.165) is 13.0 Å². The first-order valence-electron chi connectivity index (χ1n) is 6.97. The first kappa shape index (κ1) is 14.4. The van der Waals surface area contributed by atoms with Gasteiger partial charge < -0.3 is 5.32 Å². The molecule has 1 aliphatic heterocycles. The molecule has 0 radical (unpaired) electrons. The second kappa shape index (κ2) is 5.93. The molecule has 102 valence electrons. The second-order valence-corrected chi connectivity index (χ2v) is 7.65. The van der Waals surface area contributed by atoms with Gasteiger partial charge in [0.1, 0.15) is 5.01 Å². The highest BCUT2D eigenvalue weighted by molar-refractivity contribution is 8.00. The summed E-state index contributed by atoms with van der Waals surface area (Å²) in [5.41, 5.74) is 1.40. The molecule has 1 saturated heterocycles. The largest absolute Gasteiger partial charge is 0.305 e. The van der Waals surface area contributed by atoms with E-state index < -0.39 is 0 Å². The van der Waals surface area contributed by atoms with Crippen LogP contribution in [0.5, 0.6) is 0 Å². The molecule has 0 aromatic carbocycles. The van der Waals surface area contributed by atoms with Crippen LogP contribution in [-0.2, 0) is 12.0 Å². The average Bonchev–Trinajstić information content (AvgIpc) is 2.74. The fourth-order valence-corrected chi connectivity index (χ4v) is 5.43. The van der Waals surface area contributed by atoms with E-state index >= 15 is 0 Å². The summed E-state index contributed by atoms with van der Waals surface area (Å²) in [5.74, 6) is 1.29. The predicted molar refractivity (Wildman–Crippen MR) is 82.7 cm³/mol. The molecule has 1 aromatic heterocycles. The van der Waals surface area contributed by atoms with Crippen LogP contribution < -0.4 is 5.32 Å². The van der Waals surface area contributed by atoms with Gasteiger partial charge >= 0.3 is 0 Å². The minimum absolute atomic E-state index is 0.112. The third-order valence-corrected chi connectivity index (χ3v) is 6.50. The van der Waals surface area contributed by atoms with E-state index in [1.807, 2.05) is 11.3 Å². The molecule has 1 aliphatic rings. The van der Waals surface area contributed by atoms with Gasteiger partial charge in [0.2, 0.25) is 0 Å². The van der Waals surface area contributed by atoms with Crippen LogP contribution in [-0.4, -0.2) is 22.5 Å². The average molecular weight is 284 g/mol. The topological polar surface area (TPSA) is 24.9 Å². The van der Waals surface area contributed by atoms with Crippen molar-refractivity contribution in [1.82, 2.24) is 10.3 Å². The highest BCUT2D eigenvalue weighted by Crippen LogP contribution is 2.43. The summed E-state index contributed by atoms with van der Waals surface area (Å²) < 4.78 is 0. The molecule has 2 unspecified atom stereocenters. The maximum Gasteiger partial charge on any atom is 0.114 e. The zero-order valence-corrected chi connectivity index (χ0v) is 13.5. The van der Waals surface area contributed by atoms with Gasteiger partial charge in [0.15, 0.2) is 0 Å². The van der Waals surface area contributed by atoms with Crippen LogP contribution in [0, 0.1) is 6.92 Å². The lowest BCUT2D eigenvalue weighted by molar-refractivity contribution is 0.300. The lowest BCUT2D eigenvalue weighted by atomic mass is 9.90. The first-order chi connectivity index (χ1) is 8.64. The van der Waals surface area contributed by atoms with E-state index in [-0.39, 0.29) is 5.54 Å². The van der Waals surface area contributed by atoms with E-state index in [9.17, 15) is 0 Å². The molecule has 4 heteroatoms. The van der Waals surface area contributed by atoms with E-state index in [4.69, 9.17) is 4.98 Å². The van der Waals surface area contributed by atoms with Gasteiger partial charge in [0.25, 0.3) is 0 Å². The molecule has 1 aromatic rings. The summed E-state index contributed by atoms with van der Waals surface area (Å²) in [6.45, 7) is 9.99. The van der Waals surface area contributed by atoms with Crippen molar-refractivity contribution in [1.29, 1.82) is 0 Å². The van der Waals surface area contributed by atoms with Crippen molar-refractivity contribution in [3.63, 3.8) is 0 Å². The van der Waals surface area contributed by atoms with Gasteiger partial charge in [-0.25, -0.2) is 4.98 Å². The van der Waals surface area contributed by atoms with Crippen LogP contribution in [0.2, 0.25) is 0 Å². The number of rotatable bonds is 4. The summed E-state index contributed by atoms with van der Waals surface area (Å²) >= 11 is 3.99. The molecule has 0 amide bonds. The maximum absolute atomic E-state index is 4.94. The molecule has 2 atom stereocenters. The van der Waals surface area contributed by atoms with Crippen LogP contribution in [0.15, 0.2) is 0 Å². The molecule has 0 bridgehead atoms. The number of nitrogens with zero attached hydrogens (tertiary/aromatic N) is 1. The Morgan fingerprint density at radius 1 is 1.44 bits per heavy atom. The minimum Gasteiger partial charge on any atom is -0.305 e. The Hall–Kier alpha value is -0.0600. The third kappa shape index (κ3) is 2.47. The molecule has 1 fully saturated rings. The van der Waals surface area contributed by atoms with Crippen molar-refractivity contribution in [2.45, 2.75) is 57.7 Å². The van der Waals surface area contributed by atoms with E-state index in [1.165, 1.54) is 34.2 Å². The molecule has 0 aliphatic carbocycles. The Balaban J connectivity index is 2.38. The number of nitrogens with one attached hydrogen (secondary N) is 1. The monoisotopic (exact) mass is 284 g/mol. The van der Waals surface area contributed by atoms with E-state index in [0.29, 0.717) is 5.25 Å². The molecule has 1 N–H and O–H groups in total. The molecule has 18 heavy (non-hydrogen) atoms. The smallest absolute Gasteiger partial charge is 0.114 e. The van der Waals surface area contributed by atoms with Crippen molar-refractivity contribution < 1.29 is 0 Å². The Morgan fingerprint density at radius 2 is 2.22 bits per heavy atom. The number of hydrogen-bond donors (Lipinski definition) is 1. The number of hydrogen-bond acceptors (Lipinski definition) is 4. The van der Waals surface area contributed by atoms with Crippen LogP contribution >= 0.6 is 23.1 Å². The summed E-state index contributed by atoms with van der Waals surface area (Å²) in [5, 5.41) is 5.69. The van der Waals surface area contributed by atoms with Crippen molar-refractivity contribution in [2.24, 2.45) is 0 Å². The molecule has 2 rings (SSSR count). The van der Waals surface area contributed by atoms with Gasteiger partial charge in [-0.3, -0.25) is 0 Å². The molecule has 2 heterocycles. The van der Waals surface area contributed by atoms with Crippen LogP contribution in [0.3, 0.4) is 0 Å². The zero-order chi connectivity index (χ0) is 13.2. The Morgan fingerprint density at radius 3 is 2.78 bits per heavy atom. The summed E-state index contributed by atoms with van der Waals surface area (Å²) in [4.78, 5) is 6.33. The highest BCUT2D eigenvalue weighted by Gasteiger charge is 2.42. The molecule has 0 spiro atoms. The quantitative estimate of drug-likeness (QED) is 0.912. The van der Waals surface area contributed by atoms with E-state index in [2.05, 4.69) is 44.8 Å². The van der Waals surface area contributed by atoms with Gasteiger partial charge in [0, 0.05) is 10.1 Å². The van der Waals surface area contributed by atoms with Gasteiger partial charge in [-0.05, 0) is 38.5 Å². The fourth-order valence-electron chi connectivity index (χ4n) is 2.81. The number of thioether (sulfide) groups is 1. The SMILES string of the molecule is CCNC1(c2nc(CC)c(C)s2)CCCSC1C. The van der Waals surface area contributed by atoms with Crippen molar-refractivity contribution in [3.8, 4) is 0 Å². The van der Waals surface area contributed by atoms with Crippen molar-refractivity contribution >= 4 is 23.1 Å². The maximum atomic E-state index is 4.94. The minimum atomic E-state index is 0.112. The lowest BCUT2D eigenvalue weighted by Gasteiger charge is -2.41. The number of aryl methyl sites for hydroxylation is 2. The Labute approximate surface area is 119 Å². The molecule has 0 saturated carbocycles. The first-order valence-corrected chi connectivity index (χ1v) is 8.84. The van der Waals surface area contributed by atoms with Gasteiger partial charge in [0.05, 0.1) is 11.2 Å². The molecular weight excluding hydrogens is 260 g/mol. The van der Waals surface area contributed by atoms with Crippen molar-refractivity contribution in [3.05, 3.63) is 15.6 Å². The summed E-state index contributed by atoms with van der Waals surface area (Å²) in [6.07, 6.45) is 3.57. The lowest BCUT2D eigenvalue weighted by Crippen LogP contribution is -2.51. The summed E-state index contributed by atoms with van der Waals surface area (Å²) in [6, 6.07) is 0. The van der Waals surface area contributed by atoms with Gasteiger partial charge in [-0.15, -0.1) is 11.3 Å².